The number of fused-ring (bicyclic) bond motifs is 1. The Kier molecular flexibility index (Phi) is 4.40. The van der Waals surface area contributed by atoms with Crippen LogP contribution in [-0.2, 0) is 14.4 Å². The third kappa shape index (κ3) is 3.06. The topological polar surface area (TPSA) is 95.9 Å². The van der Waals surface area contributed by atoms with Crippen molar-refractivity contribution in [1.29, 1.82) is 0 Å². The number of nitrogens with zero attached hydrogens (tertiary/aromatic N) is 1. The number of aliphatic carboxylic acids is 1. The van der Waals surface area contributed by atoms with E-state index in [9.17, 15) is 19.5 Å². The van der Waals surface area contributed by atoms with E-state index in [1.807, 2.05) is 6.07 Å². The van der Waals surface area contributed by atoms with E-state index in [1.165, 1.54) is 16.7 Å². The van der Waals surface area contributed by atoms with E-state index < -0.39 is 34.8 Å². The minimum atomic E-state index is -1.03. The third-order valence-electron chi connectivity index (χ3n) is 4.40. The predicted molar refractivity (Wildman–Crippen MR) is 92.2 cm³/mol. The first-order valence-electron chi connectivity index (χ1n) is 7.97. The lowest BCUT2D eigenvalue weighted by Crippen LogP contribution is -2.71. The monoisotopic (exact) mass is 364 g/mol. The zero-order valence-corrected chi connectivity index (χ0v) is 14.9. The molecule has 2 N–H and O–H groups in total. The number of thioether (sulfide) groups is 1. The summed E-state index contributed by atoms with van der Waals surface area (Å²) in [6.45, 7) is 5.19. The molecule has 2 heterocycles. The number of amides is 2. The molecule has 0 aliphatic carbocycles. The summed E-state index contributed by atoms with van der Waals surface area (Å²) in [4.78, 5) is 37.5. The second-order valence-corrected chi connectivity index (χ2v) is 8.43. The number of benzene rings is 1. The molecule has 3 rings (SSSR count). The number of nitrogens with one attached hydrogen (secondary N) is 1. The Labute approximate surface area is 149 Å². The number of carboxylic acids is 1. The van der Waals surface area contributed by atoms with Gasteiger partial charge in [-0.1, -0.05) is 18.2 Å². The van der Waals surface area contributed by atoms with Gasteiger partial charge in [-0.25, -0.2) is 4.79 Å². The molecule has 2 aliphatic rings. The highest BCUT2D eigenvalue weighted by atomic mass is 32.2. The average Bonchev–Trinajstić information content (AvgIpc) is 2.81. The first-order valence-corrected chi connectivity index (χ1v) is 8.85. The normalized spacial score (nSPS) is 27.9. The minimum Gasteiger partial charge on any atom is -0.481 e. The number of para-hydroxylation sites is 1. The number of ether oxygens (including phenoxy) is 1. The van der Waals surface area contributed by atoms with Crippen molar-refractivity contribution in [3.63, 3.8) is 0 Å². The van der Waals surface area contributed by atoms with E-state index >= 15 is 0 Å². The Balaban J connectivity index is 1.64. The molecular formula is C17H20N2O5S. The molecule has 1 aromatic rings. The largest absolute Gasteiger partial charge is 0.481 e. The molecule has 0 saturated carbocycles. The van der Waals surface area contributed by atoms with Gasteiger partial charge in [-0.3, -0.25) is 9.59 Å². The van der Waals surface area contributed by atoms with Crippen LogP contribution in [0, 0.1) is 0 Å². The SMILES string of the molecule is C[C@H](Oc1ccccc1)C(=O)N[C@@H]1C(=O)N2[C@@H](C(=O)O)C(C)(C)S[C@@H]12. The van der Waals surface area contributed by atoms with E-state index in [0.717, 1.165) is 0 Å². The maximum atomic E-state index is 12.4. The lowest BCUT2D eigenvalue weighted by Gasteiger charge is -2.43. The number of carbonyl (C=O) groups is 3. The van der Waals surface area contributed by atoms with Gasteiger partial charge in [-0.05, 0) is 32.9 Å². The molecule has 0 bridgehead atoms. The second kappa shape index (κ2) is 6.25. The summed E-state index contributed by atoms with van der Waals surface area (Å²) < 4.78 is 4.94. The van der Waals surface area contributed by atoms with Crippen LogP contribution >= 0.6 is 11.8 Å². The summed E-state index contributed by atoms with van der Waals surface area (Å²) in [5.41, 5.74) is 0. The zero-order chi connectivity index (χ0) is 18.4. The Morgan fingerprint density at radius 3 is 2.56 bits per heavy atom. The zero-order valence-electron chi connectivity index (χ0n) is 14.1. The summed E-state index contributed by atoms with van der Waals surface area (Å²) in [5.74, 6) is -1.23. The molecule has 0 spiro atoms. The van der Waals surface area contributed by atoms with Crippen LogP contribution in [0.1, 0.15) is 20.8 Å². The summed E-state index contributed by atoms with van der Waals surface area (Å²) in [5, 5.41) is 11.7. The van der Waals surface area contributed by atoms with Crippen LogP contribution in [0.2, 0.25) is 0 Å². The Bertz CT molecular complexity index is 708. The molecule has 2 saturated heterocycles. The number of carboxylic acid groups (broad SMARTS) is 1. The fourth-order valence-corrected chi connectivity index (χ4v) is 4.80. The van der Waals surface area contributed by atoms with Crippen LogP contribution in [0.15, 0.2) is 30.3 Å². The summed E-state index contributed by atoms with van der Waals surface area (Å²) >= 11 is 1.39. The molecule has 7 nitrogen and oxygen atoms in total. The summed E-state index contributed by atoms with van der Waals surface area (Å²) in [6.07, 6.45) is -0.765. The van der Waals surface area contributed by atoms with Crippen LogP contribution in [0.25, 0.3) is 0 Å². The number of rotatable bonds is 5. The van der Waals surface area contributed by atoms with Gasteiger partial charge < -0.3 is 20.1 Å². The van der Waals surface area contributed by atoms with Crippen molar-refractivity contribution < 1.29 is 24.2 Å². The van der Waals surface area contributed by atoms with E-state index in [-0.39, 0.29) is 11.3 Å². The average molecular weight is 364 g/mol. The van der Waals surface area contributed by atoms with Gasteiger partial charge in [0, 0.05) is 4.75 Å². The van der Waals surface area contributed by atoms with Crippen LogP contribution < -0.4 is 10.1 Å². The first-order chi connectivity index (χ1) is 11.7. The highest BCUT2D eigenvalue weighted by Gasteiger charge is 2.64. The van der Waals surface area contributed by atoms with Crippen molar-refractivity contribution in [2.45, 2.75) is 49.1 Å². The van der Waals surface area contributed by atoms with Crippen molar-refractivity contribution in [2.75, 3.05) is 0 Å². The van der Waals surface area contributed by atoms with E-state index in [4.69, 9.17) is 4.74 Å². The lowest BCUT2D eigenvalue weighted by molar-refractivity contribution is -0.161. The first kappa shape index (κ1) is 17.6. The van der Waals surface area contributed by atoms with Crippen LogP contribution in [-0.4, -0.2) is 56.1 Å². The molecule has 0 aromatic heterocycles. The molecule has 1 aromatic carbocycles. The molecule has 134 valence electrons. The molecule has 2 aliphatic heterocycles. The Morgan fingerprint density at radius 1 is 1.32 bits per heavy atom. The molecule has 8 heteroatoms. The highest BCUT2D eigenvalue weighted by molar-refractivity contribution is 8.01. The quantitative estimate of drug-likeness (QED) is 0.759. The van der Waals surface area contributed by atoms with E-state index in [1.54, 1.807) is 45.0 Å². The van der Waals surface area contributed by atoms with Gasteiger partial charge >= 0.3 is 5.97 Å². The molecular weight excluding hydrogens is 344 g/mol. The minimum absolute atomic E-state index is 0.364. The molecule has 0 unspecified atom stereocenters. The third-order valence-corrected chi connectivity index (χ3v) is 5.97. The second-order valence-electron chi connectivity index (χ2n) is 6.66. The van der Waals surface area contributed by atoms with Gasteiger partial charge in [-0.2, -0.15) is 0 Å². The standard InChI is InChI=1S/C17H20N2O5S/c1-9(24-10-7-5-4-6-8-10)13(20)18-11-14(21)19-12(16(22)23)17(2,3)25-15(11)19/h4-9,11-12,15H,1-3H3,(H,18,20)(H,22,23)/t9-,11+,12-,15-/m0/s1. The van der Waals surface area contributed by atoms with Crippen molar-refractivity contribution in [2.24, 2.45) is 0 Å². The van der Waals surface area contributed by atoms with Gasteiger partial charge in [0.25, 0.3) is 5.91 Å². The number of hydrogen-bond acceptors (Lipinski definition) is 5. The van der Waals surface area contributed by atoms with Crippen molar-refractivity contribution in [1.82, 2.24) is 10.2 Å². The number of β-lactam (4-membered cyclic amide) rings is 1. The maximum absolute atomic E-state index is 12.4. The smallest absolute Gasteiger partial charge is 0.327 e. The van der Waals surface area contributed by atoms with E-state index in [2.05, 4.69) is 5.32 Å². The lowest BCUT2D eigenvalue weighted by atomic mass is 9.96. The fourth-order valence-electron chi connectivity index (χ4n) is 3.17. The van der Waals surface area contributed by atoms with Gasteiger partial charge in [0.1, 0.15) is 23.2 Å². The molecule has 2 amide bonds. The predicted octanol–water partition coefficient (Wildman–Crippen LogP) is 1.09. The maximum Gasteiger partial charge on any atom is 0.327 e. The van der Waals surface area contributed by atoms with Crippen molar-refractivity contribution in [3.8, 4) is 5.75 Å². The van der Waals surface area contributed by atoms with Gasteiger partial charge in [-0.15, -0.1) is 11.8 Å². The Morgan fingerprint density at radius 2 is 1.96 bits per heavy atom. The molecule has 25 heavy (non-hydrogen) atoms. The summed E-state index contributed by atoms with van der Waals surface area (Å²) in [7, 11) is 0. The molecule has 0 radical (unpaired) electrons. The summed E-state index contributed by atoms with van der Waals surface area (Å²) in [6, 6.07) is 7.33. The molecule has 4 atom stereocenters. The van der Waals surface area contributed by atoms with Crippen LogP contribution in [0.4, 0.5) is 0 Å². The number of hydrogen-bond donors (Lipinski definition) is 2. The van der Waals surface area contributed by atoms with Gasteiger partial charge in [0.05, 0.1) is 0 Å². The highest BCUT2D eigenvalue weighted by Crippen LogP contribution is 2.50. The van der Waals surface area contributed by atoms with Crippen LogP contribution in [0.5, 0.6) is 5.75 Å². The van der Waals surface area contributed by atoms with Crippen LogP contribution in [0.3, 0.4) is 0 Å². The van der Waals surface area contributed by atoms with E-state index in [0.29, 0.717) is 5.75 Å². The number of carbonyl (C=O) groups excluding carboxylic acids is 2. The fraction of sp³-hybridized carbons (Fsp3) is 0.471. The van der Waals surface area contributed by atoms with Gasteiger partial charge in [0.15, 0.2) is 6.10 Å². The van der Waals surface area contributed by atoms with Crippen molar-refractivity contribution in [3.05, 3.63) is 30.3 Å². The molecule has 2 fully saturated rings. The Hall–Kier alpha value is -2.22. The van der Waals surface area contributed by atoms with Gasteiger partial charge in [0.2, 0.25) is 5.91 Å². The van der Waals surface area contributed by atoms with Crippen molar-refractivity contribution >= 4 is 29.5 Å².